The van der Waals surface area contributed by atoms with Crippen molar-refractivity contribution in [3.05, 3.63) is 84.7 Å². The van der Waals surface area contributed by atoms with Crippen molar-refractivity contribution >= 4 is 21.6 Å². The van der Waals surface area contributed by atoms with Crippen molar-refractivity contribution in [3.63, 3.8) is 0 Å². The number of aromatic nitrogens is 1. The Morgan fingerprint density at radius 1 is 1.00 bits per heavy atom. The van der Waals surface area contributed by atoms with Gasteiger partial charge in [-0.1, -0.05) is 36.4 Å². The number of ether oxygens (including phenoxy) is 1. The van der Waals surface area contributed by atoms with Gasteiger partial charge < -0.3 is 10.1 Å². The van der Waals surface area contributed by atoms with E-state index in [4.69, 9.17) is 4.74 Å². The summed E-state index contributed by atoms with van der Waals surface area (Å²) in [4.78, 5) is 16.9. The number of carbonyl (C=O) groups is 1. The predicted octanol–water partition coefficient (Wildman–Crippen LogP) is 2.99. The third-order valence-electron chi connectivity index (χ3n) is 4.25. The number of benzene rings is 2. The number of amides is 1. The molecule has 0 saturated carbocycles. The van der Waals surface area contributed by atoms with Gasteiger partial charge in [0.25, 0.3) is 10.0 Å². The molecule has 0 aliphatic heterocycles. The van der Waals surface area contributed by atoms with Crippen LogP contribution in [0.15, 0.2) is 83.9 Å². The lowest BCUT2D eigenvalue weighted by atomic mass is 10.3. The Kier molecular flexibility index (Phi) is 7.03. The van der Waals surface area contributed by atoms with Gasteiger partial charge in [0.1, 0.15) is 12.3 Å². The van der Waals surface area contributed by atoms with E-state index in [1.54, 1.807) is 60.8 Å². The summed E-state index contributed by atoms with van der Waals surface area (Å²) in [6.07, 6.45) is 1.63. The number of rotatable bonds is 9. The van der Waals surface area contributed by atoms with Crippen molar-refractivity contribution in [1.82, 2.24) is 10.3 Å². The van der Waals surface area contributed by atoms with Crippen LogP contribution in [-0.2, 0) is 21.4 Å². The molecule has 0 aliphatic carbocycles. The molecule has 3 rings (SSSR count). The Hall–Kier alpha value is -3.39. The molecule has 0 aliphatic rings. The highest BCUT2D eigenvalue weighted by Crippen LogP contribution is 2.32. The van der Waals surface area contributed by atoms with Gasteiger partial charge in [-0.05, 0) is 43.3 Å². The summed E-state index contributed by atoms with van der Waals surface area (Å²) < 4.78 is 33.4. The topological polar surface area (TPSA) is 88.6 Å². The van der Waals surface area contributed by atoms with Gasteiger partial charge in [-0.3, -0.25) is 14.1 Å². The first-order chi connectivity index (χ1) is 14.5. The first kappa shape index (κ1) is 21.3. The van der Waals surface area contributed by atoms with E-state index in [-0.39, 0.29) is 11.4 Å². The van der Waals surface area contributed by atoms with E-state index >= 15 is 0 Å². The molecule has 1 amide bonds. The van der Waals surface area contributed by atoms with Crippen molar-refractivity contribution in [1.29, 1.82) is 0 Å². The van der Waals surface area contributed by atoms with Gasteiger partial charge in [0, 0.05) is 6.20 Å². The maximum absolute atomic E-state index is 13.4. The second-order valence-corrected chi connectivity index (χ2v) is 8.19. The highest BCUT2D eigenvalue weighted by molar-refractivity contribution is 7.92. The van der Waals surface area contributed by atoms with E-state index < -0.39 is 22.5 Å². The molecule has 3 aromatic rings. The summed E-state index contributed by atoms with van der Waals surface area (Å²) >= 11 is 0. The first-order valence-electron chi connectivity index (χ1n) is 9.48. The molecule has 0 unspecified atom stereocenters. The summed E-state index contributed by atoms with van der Waals surface area (Å²) in [5.74, 6) is -0.0662. The van der Waals surface area contributed by atoms with Crippen LogP contribution in [0.3, 0.4) is 0 Å². The highest BCUT2D eigenvalue weighted by atomic mass is 32.2. The lowest BCUT2D eigenvalue weighted by Crippen LogP contribution is -2.41. The molecule has 156 valence electrons. The minimum atomic E-state index is -4.00. The highest BCUT2D eigenvalue weighted by Gasteiger charge is 2.29. The number of anilines is 1. The molecule has 1 heterocycles. The molecule has 1 aromatic heterocycles. The molecule has 0 atom stereocenters. The van der Waals surface area contributed by atoms with Gasteiger partial charge in [-0.25, -0.2) is 8.42 Å². The lowest BCUT2D eigenvalue weighted by Gasteiger charge is -2.26. The van der Waals surface area contributed by atoms with Crippen molar-refractivity contribution in [2.24, 2.45) is 0 Å². The zero-order chi connectivity index (χ0) is 21.4. The quantitative estimate of drug-likeness (QED) is 0.569. The third-order valence-corrected chi connectivity index (χ3v) is 6.02. The smallest absolute Gasteiger partial charge is 0.264 e. The van der Waals surface area contributed by atoms with Crippen LogP contribution in [0.2, 0.25) is 0 Å². The molecule has 0 fully saturated rings. The second kappa shape index (κ2) is 9.89. The molecule has 0 spiro atoms. The van der Waals surface area contributed by atoms with Crippen LogP contribution >= 0.6 is 0 Å². The van der Waals surface area contributed by atoms with E-state index in [9.17, 15) is 13.2 Å². The molecule has 30 heavy (non-hydrogen) atoms. The van der Waals surface area contributed by atoms with E-state index in [1.165, 1.54) is 12.1 Å². The number of carbonyl (C=O) groups excluding carboxylic acids is 1. The second-order valence-electron chi connectivity index (χ2n) is 6.32. The average molecular weight is 426 g/mol. The molecule has 8 heteroatoms. The first-order valence-corrected chi connectivity index (χ1v) is 10.9. The van der Waals surface area contributed by atoms with Crippen molar-refractivity contribution in [2.75, 3.05) is 17.5 Å². The van der Waals surface area contributed by atoms with Gasteiger partial charge in [0.05, 0.1) is 29.4 Å². The predicted molar refractivity (Wildman–Crippen MR) is 115 cm³/mol. The van der Waals surface area contributed by atoms with Gasteiger partial charge >= 0.3 is 0 Å². The van der Waals surface area contributed by atoms with Crippen LogP contribution < -0.4 is 14.4 Å². The maximum Gasteiger partial charge on any atom is 0.264 e. The summed E-state index contributed by atoms with van der Waals surface area (Å²) in [6.45, 7) is 1.98. The Morgan fingerprint density at radius 2 is 1.70 bits per heavy atom. The number of sulfonamides is 1. The van der Waals surface area contributed by atoms with Crippen LogP contribution in [0.5, 0.6) is 5.75 Å². The molecule has 2 aromatic carbocycles. The number of hydrogen-bond donors (Lipinski definition) is 1. The molecular weight excluding hydrogens is 402 g/mol. The molecule has 1 N–H and O–H groups in total. The van der Waals surface area contributed by atoms with Gasteiger partial charge in [-0.15, -0.1) is 0 Å². The maximum atomic E-state index is 13.4. The van der Waals surface area contributed by atoms with Crippen LogP contribution in [0.1, 0.15) is 12.6 Å². The van der Waals surface area contributed by atoms with Gasteiger partial charge in [-0.2, -0.15) is 0 Å². The van der Waals surface area contributed by atoms with Gasteiger partial charge in [0.2, 0.25) is 5.91 Å². The summed E-state index contributed by atoms with van der Waals surface area (Å²) in [6, 6.07) is 20.1. The summed E-state index contributed by atoms with van der Waals surface area (Å²) in [5, 5.41) is 2.73. The Balaban J connectivity index is 1.91. The molecule has 0 saturated heterocycles. The van der Waals surface area contributed by atoms with Crippen LogP contribution in [0.25, 0.3) is 0 Å². The fourth-order valence-corrected chi connectivity index (χ4v) is 4.29. The Bertz CT molecular complexity index is 1070. The van der Waals surface area contributed by atoms with Crippen molar-refractivity contribution in [2.45, 2.75) is 18.4 Å². The number of para-hydroxylation sites is 2. The zero-order valence-corrected chi connectivity index (χ0v) is 17.4. The largest absolute Gasteiger partial charge is 0.492 e. The fourth-order valence-electron chi connectivity index (χ4n) is 2.84. The van der Waals surface area contributed by atoms with E-state index in [0.717, 1.165) is 4.31 Å². The SMILES string of the molecule is CCOc1ccccc1N(CC(=O)NCc1ccccn1)S(=O)(=O)c1ccccc1. The van der Waals surface area contributed by atoms with Crippen LogP contribution in [0, 0.1) is 0 Å². The number of pyridine rings is 1. The van der Waals surface area contributed by atoms with Crippen molar-refractivity contribution < 1.29 is 17.9 Å². The van der Waals surface area contributed by atoms with Gasteiger partial charge in [0.15, 0.2) is 0 Å². The summed E-state index contributed by atoms with van der Waals surface area (Å²) in [5.41, 5.74) is 0.981. The van der Waals surface area contributed by atoms with Crippen LogP contribution in [0.4, 0.5) is 5.69 Å². The number of nitrogens with one attached hydrogen (secondary N) is 1. The van der Waals surface area contributed by atoms with E-state index in [2.05, 4.69) is 10.3 Å². The van der Waals surface area contributed by atoms with Crippen LogP contribution in [-0.4, -0.2) is 32.5 Å². The average Bonchev–Trinajstić information content (AvgIpc) is 2.78. The van der Waals surface area contributed by atoms with Crippen molar-refractivity contribution in [3.8, 4) is 5.75 Å². The standard InChI is InChI=1S/C22H23N3O4S/c1-2-29-21-14-7-6-13-20(21)25(30(27,28)19-11-4-3-5-12-19)17-22(26)24-16-18-10-8-9-15-23-18/h3-15H,2,16-17H2,1H3,(H,24,26). The zero-order valence-electron chi connectivity index (χ0n) is 16.6. The molecular formula is C22H23N3O4S. The lowest BCUT2D eigenvalue weighted by molar-refractivity contribution is -0.119. The third kappa shape index (κ3) is 5.15. The monoisotopic (exact) mass is 425 g/mol. The van der Waals surface area contributed by atoms with E-state index in [1.807, 2.05) is 13.0 Å². The number of nitrogens with zero attached hydrogens (tertiary/aromatic N) is 2. The summed E-state index contributed by atoms with van der Waals surface area (Å²) in [7, 11) is -4.00. The Morgan fingerprint density at radius 3 is 2.40 bits per heavy atom. The minimum absolute atomic E-state index is 0.0915. The number of hydrogen-bond acceptors (Lipinski definition) is 5. The minimum Gasteiger partial charge on any atom is -0.492 e. The normalized spacial score (nSPS) is 11.0. The molecule has 0 bridgehead atoms. The van der Waals surface area contributed by atoms with E-state index in [0.29, 0.717) is 23.7 Å². The Labute approximate surface area is 176 Å². The fraction of sp³-hybridized carbons (Fsp3) is 0.182. The molecule has 0 radical (unpaired) electrons. The molecule has 7 nitrogen and oxygen atoms in total.